The Hall–Kier alpha value is -2.83. The van der Waals surface area contributed by atoms with E-state index in [9.17, 15) is 9.59 Å². The molecule has 3 aromatic rings. The fourth-order valence-electron chi connectivity index (χ4n) is 2.91. The third-order valence-corrected chi connectivity index (χ3v) is 4.37. The highest BCUT2D eigenvalue weighted by molar-refractivity contribution is 5.74. The van der Waals surface area contributed by atoms with Crippen molar-refractivity contribution in [3.8, 4) is 0 Å². The molecule has 0 saturated carbocycles. The Bertz CT molecular complexity index is 1020. The van der Waals surface area contributed by atoms with Crippen molar-refractivity contribution in [1.29, 1.82) is 0 Å². The van der Waals surface area contributed by atoms with E-state index in [-0.39, 0.29) is 11.2 Å². The Kier molecular flexibility index (Phi) is 4.48. The predicted molar refractivity (Wildman–Crippen MR) is 99.0 cm³/mol. The Balaban J connectivity index is 2.08. The van der Waals surface area contributed by atoms with Gasteiger partial charge in [-0.15, -0.1) is 0 Å². The average molecular weight is 341 g/mol. The van der Waals surface area contributed by atoms with Gasteiger partial charge in [0, 0.05) is 27.2 Å². The summed E-state index contributed by atoms with van der Waals surface area (Å²) in [4.78, 5) is 29.3. The van der Waals surface area contributed by atoms with Gasteiger partial charge in [-0.2, -0.15) is 4.98 Å². The van der Waals surface area contributed by atoms with Crippen LogP contribution in [0.15, 0.2) is 33.9 Å². The zero-order chi connectivity index (χ0) is 18.1. The van der Waals surface area contributed by atoms with E-state index in [0.717, 1.165) is 16.6 Å². The van der Waals surface area contributed by atoms with E-state index in [0.29, 0.717) is 30.2 Å². The first kappa shape index (κ1) is 17.0. The van der Waals surface area contributed by atoms with Crippen molar-refractivity contribution in [2.45, 2.75) is 33.4 Å². The van der Waals surface area contributed by atoms with Gasteiger partial charge in [0.2, 0.25) is 5.95 Å². The van der Waals surface area contributed by atoms with Gasteiger partial charge < -0.3 is 9.88 Å². The van der Waals surface area contributed by atoms with E-state index in [1.807, 2.05) is 18.4 Å². The number of hydrogen-bond acceptors (Lipinski definition) is 4. The van der Waals surface area contributed by atoms with Crippen molar-refractivity contribution in [1.82, 2.24) is 18.7 Å². The van der Waals surface area contributed by atoms with Crippen molar-refractivity contribution < 1.29 is 0 Å². The number of aryl methyl sites for hydroxylation is 3. The third-order valence-electron chi connectivity index (χ3n) is 4.37. The molecule has 3 rings (SSSR count). The zero-order valence-corrected chi connectivity index (χ0v) is 15.0. The molecular weight excluding hydrogens is 318 g/mol. The molecule has 1 aromatic carbocycles. The molecule has 0 unspecified atom stereocenters. The van der Waals surface area contributed by atoms with Gasteiger partial charge >= 0.3 is 5.69 Å². The monoisotopic (exact) mass is 341 g/mol. The van der Waals surface area contributed by atoms with Gasteiger partial charge in [-0.25, -0.2) is 4.79 Å². The van der Waals surface area contributed by atoms with E-state index in [1.165, 1.54) is 17.2 Å². The molecule has 0 radical (unpaired) electrons. The van der Waals surface area contributed by atoms with Gasteiger partial charge in [-0.1, -0.05) is 36.8 Å². The minimum Gasteiger partial charge on any atom is -0.352 e. The minimum absolute atomic E-state index is 0.317. The zero-order valence-electron chi connectivity index (χ0n) is 15.0. The van der Waals surface area contributed by atoms with Crippen LogP contribution in [0, 0.1) is 6.92 Å². The number of nitrogens with zero attached hydrogens (tertiary/aromatic N) is 4. The summed E-state index contributed by atoms with van der Waals surface area (Å²) in [6.45, 7) is 5.35. The molecule has 0 amide bonds. The lowest BCUT2D eigenvalue weighted by Crippen LogP contribution is -2.37. The van der Waals surface area contributed by atoms with Gasteiger partial charge in [0.25, 0.3) is 5.56 Å². The molecule has 0 aliphatic rings. The lowest BCUT2D eigenvalue weighted by Gasteiger charge is -2.10. The van der Waals surface area contributed by atoms with Crippen molar-refractivity contribution in [3.63, 3.8) is 0 Å². The van der Waals surface area contributed by atoms with Crippen molar-refractivity contribution >= 4 is 17.1 Å². The maximum Gasteiger partial charge on any atom is 0.332 e. The van der Waals surface area contributed by atoms with Crippen LogP contribution in [0.3, 0.4) is 0 Å². The molecule has 2 heterocycles. The number of rotatable bonds is 5. The summed E-state index contributed by atoms with van der Waals surface area (Å²) in [5, 5.41) is 3.30. The van der Waals surface area contributed by atoms with E-state index >= 15 is 0 Å². The van der Waals surface area contributed by atoms with Crippen LogP contribution < -0.4 is 16.6 Å². The molecular formula is C18H23N5O2. The summed E-state index contributed by atoms with van der Waals surface area (Å²) >= 11 is 0. The van der Waals surface area contributed by atoms with Crippen LogP contribution >= 0.6 is 0 Å². The molecule has 0 spiro atoms. The van der Waals surface area contributed by atoms with Gasteiger partial charge in [-0.05, 0) is 18.9 Å². The Labute approximate surface area is 145 Å². The molecule has 1 N–H and O–H groups in total. The number of anilines is 1. The van der Waals surface area contributed by atoms with Crippen LogP contribution in [0.1, 0.15) is 24.5 Å². The fraction of sp³-hybridized carbons (Fsp3) is 0.389. The molecule has 132 valence electrons. The fourth-order valence-corrected chi connectivity index (χ4v) is 2.91. The molecule has 0 aliphatic heterocycles. The summed E-state index contributed by atoms with van der Waals surface area (Å²) in [7, 11) is 3.13. The standard InChI is InChI=1S/C18H23N5O2/c1-5-10-23-14-15(21(3)18(25)22(4)16(14)24)20-17(23)19-11-13-8-6-12(2)7-9-13/h6-9H,5,10-11H2,1-4H3,(H,19,20). The van der Waals surface area contributed by atoms with Crippen molar-refractivity contribution in [3.05, 3.63) is 56.2 Å². The average Bonchev–Trinajstić information content (AvgIpc) is 2.97. The maximum atomic E-state index is 12.6. The van der Waals surface area contributed by atoms with Gasteiger partial charge in [0.15, 0.2) is 11.2 Å². The van der Waals surface area contributed by atoms with E-state index in [2.05, 4.69) is 34.6 Å². The second-order valence-electron chi connectivity index (χ2n) is 6.30. The largest absolute Gasteiger partial charge is 0.352 e. The Morgan fingerprint density at radius 2 is 1.76 bits per heavy atom. The number of hydrogen-bond donors (Lipinski definition) is 1. The second kappa shape index (κ2) is 6.58. The number of nitrogens with one attached hydrogen (secondary N) is 1. The van der Waals surface area contributed by atoms with Gasteiger partial charge in [0.05, 0.1) is 0 Å². The second-order valence-corrected chi connectivity index (χ2v) is 6.30. The van der Waals surface area contributed by atoms with Crippen LogP contribution in [0.25, 0.3) is 11.2 Å². The quantitative estimate of drug-likeness (QED) is 0.767. The first-order valence-electron chi connectivity index (χ1n) is 8.39. The molecule has 0 fully saturated rings. The molecule has 0 bridgehead atoms. The van der Waals surface area contributed by atoms with E-state index in [1.54, 1.807) is 7.05 Å². The van der Waals surface area contributed by atoms with Crippen LogP contribution in [-0.2, 0) is 27.2 Å². The SMILES string of the molecule is CCCn1c(NCc2ccc(C)cc2)nc2c1c(=O)n(C)c(=O)n2C. The van der Waals surface area contributed by atoms with Crippen molar-refractivity contribution in [2.24, 2.45) is 14.1 Å². The highest BCUT2D eigenvalue weighted by Gasteiger charge is 2.18. The van der Waals surface area contributed by atoms with Gasteiger partial charge in [-0.3, -0.25) is 13.9 Å². The molecule has 0 saturated heterocycles. The smallest absolute Gasteiger partial charge is 0.332 e. The highest BCUT2D eigenvalue weighted by Crippen LogP contribution is 2.17. The van der Waals surface area contributed by atoms with E-state index in [4.69, 9.17) is 0 Å². The molecule has 0 aliphatic carbocycles. The normalized spacial score (nSPS) is 11.2. The highest BCUT2D eigenvalue weighted by atomic mass is 16.2. The number of benzene rings is 1. The summed E-state index contributed by atoms with van der Waals surface area (Å²) in [5.41, 5.74) is 2.51. The van der Waals surface area contributed by atoms with Crippen LogP contribution in [0.4, 0.5) is 5.95 Å². The first-order chi connectivity index (χ1) is 11.9. The van der Waals surface area contributed by atoms with E-state index < -0.39 is 0 Å². The van der Waals surface area contributed by atoms with Crippen LogP contribution in [0.2, 0.25) is 0 Å². The summed E-state index contributed by atoms with van der Waals surface area (Å²) < 4.78 is 4.41. The molecule has 0 atom stereocenters. The summed E-state index contributed by atoms with van der Waals surface area (Å²) in [5.74, 6) is 0.607. The Morgan fingerprint density at radius 3 is 2.40 bits per heavy atom. The third kappa shape index (κ3) is 2.97. The van der Waals surface area contributed by atoms with Crippen molar-refractivity contribution in [2.75, 3.05) is 5.32 Å². The lowest BCUT2D eigenvalue weighted by molar-refractivity contribution is 0.678. The minimum atomic E-state index is -0.372. The Morgan fingerprint density at radius 1 is 1.08 bits per heavy atom. The first-order valence-corrected chi connectivity index (χ1v) is 8.39. The van der Waals surface area contributed by atoms with Crippen LogP contribution in [0.5, 0.6) is 0 Å². The van der Waals surface area contributed by atoms with Gasteiger partial charge in [0.1, 0.15) is 0 Å². The topological polar surface area (TPSA) is 73.8 Å². The number of fused-ring (bicyclic) bond motifs is 1. The number of aromatic nitrogens is 4. The molecule has 25 heavy (non-hydrogen) atoms. The van der Waals surface area contributed by atoms with Crippen LogP contribution in [-0.4, -0.2) is 18.7 Å². The number of imidazole rings is 1. The molecule has 7 nitrogen and oxygen atoms in total. The summed E-state index contributed by atoms with van der Waals surface area (Å²) in [6.07, 6.45) is 0.858. The lowest BCUT2D eigenvalue weighted by atomic mass is 10.1. The maximum absolute atomic E-state index is 12.6. The predicted octanol–water partition coefficient (Wildman–Crippen LogP) is 1.76. The molecule has 2 aromatic heterocycles. The molecule has 7 heteroatoms. The summed E-state index contributed by atoms with van der Waals surface area (Å²) in [6, 6.07) is 8.24.